The van der Waals surface area contributed by atoms with E-state index in [-0.39, 0.29) is 11.0 Å². The summed E-state index contributed by atoms with van der Waals surface area (Å²) in [6.45, 7) is 12.1. The van der Waals surface area contributed by atoms with E-state index in [9.17, 15) is 0 Å². The highest BCUT2D eigenvalue weighted by Crippen LogP contribution is 2.42. The molecule has 4 aromatic rings. The Morgan fingerprint density at radius 3 is 2.38 bits per heavy atom. The second kappa shape index (κ2) is 8.85. The number of aromatic nitrogens is 2. The first-order chi connectivity index (χ1) is 15.2. The van der Waals surface area contributed by atoms with Crippen LogP contribution in [0, 0.1) is 0 Å². The summed E-state index contributed by atoms with van der Waals surface area (Å²) in [6.07, 6.45) is 1.83. The zero-order valence-corrected chi connectivity index (χ0v) is 21.2. The highest BCUT2D eigenvalue weighted by Gasteiger charge is 2.38. The van der Waals surface area contributed by atoms with Crippen molar-refractivity contribution in [3.63, 3.8) is 0 Å². The van der Waals surface area contributed by atoms with E-state index in [4.69, 9.17) is 16.0 Å². The van der Waals surface area contributed by atoms with Crippen LogP contribution in [0.25, 0.3) is 22.3 Å². The Kier molecular flexibility index (Phi) is 6.30. The summed E-state index contributed by atoms with van der Waals surface area (Å²) >= 11 is 6.34. The van der Waals surface area contributed by atoms with E-state index in [0.29, 0.717) is 11.6 Å². The number of H-pyrrole nitrogens is 1. The van der Waals surface area contributed by atoms with Gasteiger partial charge in [-0.15, -0.1) is 0 Å². The van der Waals surface area contributed by atoms with Crippen molar-refractivity contribution in [1.82, 2.24) is 9.97 Å². The van der Waals surface area contributed by atoms with E-state index in [1.807, 2.05) is 36.5 Å². The number of nitrogens with one attached hydrogen (secondary N) is 1. The Morgan fingerprint density at radius 2 is 1.72 bits per heavy atom. The van der Waals surface area contributed by atoms with Crippen LogP contribution in [0.15, 0.2) is 72.9 Å². The number of hydrogen-bond acceptors (Lipinski definition) is 2. The molecule has 1 N–H and O–H groups in total. The normalized spacial score (nSPS) is 13.4. The highest BCUT2D eigenvalue weighted by atomic mass is 35.5. The maximum atomic E-state index is 6.78. The lowest BCUT2D eigenvalue weighted by molar-refractivity contribution is 0.276. The molecule has 4 rings (SSSR count). The lowest BCUT2D eigenvalue weighted by Gasteiger charge is -2.37. The monoisotopic (exact) mass is 462 g/mol. The predicted octanol–water partition coefficient (Wildman–Crippen LogP) is 8.04. The summed E-state index contributed by atoms with van der Waals surface area (Å²) in [7, 11) is -1.93. The number of benzene rings is 2. The summed E-state index contributed by atoms with van der Waals surface area (Å²) in [5.41, 5.74) is 5.40. The number of fused-ring (bicyclic) bond motifs is 1. The Labute approximate surface area is 196 Å². The number of pyridine rings is 1. The van der Waals surface area contributed by atoms with Crippen LogP contribution in [0.3, 0.4) is 0 Å². The van der Waals surface area contributed by atoms with E-state index >= 15 is 0 Å². The molecule has 2 heterocycles. The smallest absolute Gasteiger partial charge is 0.192 e. The van der Waals surface area contributed by atoms with Gasteiger partial charge in [0.25, 0.3) is 0 Å². The molecule has 0 saturated heterocycles. The predicted molar refractivity (Wildman–Crippen MR) is 138 cm³/mol. The third-order valence-electron chi connectivity index (χ3n) is 6.69. The quantitative estimate of drug-likeness (QED) is 0.294. The number of aromatic amines is 1. The molecule has 0 bridgehead atoms. The molecule has 0 amide bonds. The Morgan fingerprint density at radius 1 is 1.00 bits per heavy atom. The van der Waals surface area contributed by atoms with E-state index in [0.717, 1.165) is 22.3 Å². The molecule has 2 aromatic carbocycles. The van der Waals surface area contributed by atoms with Gasteiger partial charge < -0.3 is 9.41 Å². The van der Waals surface area contributed by atoms with Gasteiger partial charge in [0.05, 0.1) is 11.4 Å². The largest absolute Gasteiger partial charge is 0.416 e. The second-order valence-electron chi connectivity index (χ2n) is 9.85. The topological polar surface area (TPSA) is 37.9 Å². The van der Waals surface area contributed by atoms with Crippen LogP contribution < -0.4 is 0 Å². The van der Waals surface area contributed by atoms with Gasteiger partial charge in [0.2, 0.25) is 0 Å². The van der Waals surface area contributed by atoms with Crippen molar-refractivity contribution in [3.8, 4) is 11.4 Å². The van der Waals surface area contributed by atoms with Gasteiger partial charge in [0, 0.05) is 34.6 Å². The Hall–Kier alpha value is -2.40. The van der Waals surface area contributed by atoms with Gasteiger partial charge in [-0.3, -0.25) is 4.98 Å². The molecule has 0 fully saturated rings. The first-order valence-corrected chi connectivity index (χ1v) is 14.4. The van der Waals surface area contributed by atoms with E-state index in [1.165, 1.54) is 11.1 Å². The van der Waals surface area contributed by atoms with Crippen molar-refractivity contribution in [2.75, 3.05) is 6.61 Å². The summed E-state index contributed by atoms with van der Waals surface area (Å²) < 4.78 is 6.78. The maximum Gasteiger partial charge on any atom is 0.192 e. The molecule has 32 heavy (non-hydrogen) atoms. The van der Waals surface area contributed by atoms with E-state index < -0.39 is 8.32 Å². The van der Waals surface area contributed by atoms with Crippen molar-refractivity contribution in [1.29, 1.82) is 0 Å². The number of rotatable bonds is 6. The lowest BCUT2D eigenvalue weighted by Crippen LogP contribution is -2.41. The van der Waals surface area contributed by atoms with Gasteiger partial charge in [-0.1, -0.05) is 74.8 Å². The molecule has 5 heteroatoms. The van der Waals surface area contributed by atoms with Gasteiger partial charge in [-0.05, 0) is 53.5 Å². The van der Waals surface area contributed by atoms with Crippen LogP contribution in [-0.4, -0.2) is 24.9 Å². The minimum Gasteiger partial charge on any atom is -0.416 e. The van der Waals surface area contributed by atoms with Crippen molar-refractivity contribution < 1.29 is 4.43 Å². The number of nitrogens with zero attached hydrogens (tertiary/aromatic N) is 1. The zero-order valence-electron chi connectivity index (χ0n) is 19.4. The van der Waals surface area contributed by atoms with Crippen molar-refractivity contribution in [2.45, 2.75) is 44.8 Å². The van der Waals surface area contributed by atoms with Crippen LogP contribution in [0.4, 0.5) is 0 Å². The average molecular weight is 463 g/mol. The molecular weight excluding hydrogens is 432 g/mol. The summed E-state index contributed by atoms with van der Waals surface area (Å²) in [5, 5.41) is 2.01. The van der Waals surface area contributed by atoms with E-state index in [1.54, 1.807) is 0 Å². The molecule has 0 aliphatic rings. The molecule has 1 unspecified atom stereocenters. The van der Waals surface area contributed by atoms with Gasteiger partial charge >= 0.3 is 0 Å². The molecule has 2 aromatic heterocycles. The zero-order chi connectivity index (χ0) is 22.9. The van der Waals surface area contributed by atoms with Gasteiger partial charge in [0.15, 0.2) is 8.32 Å². The molecular formula is C27H31ClN2OSi. The standard InChI is InChI=1S/C27H31ClN2OSi/c1-27(2,3)32(4,5)31-18-22(19-11-7-6-8-12-19)25-21-15-14-20(28)17-24(21)30-26(25)23-13-9-10-16-29-23/h6-17,22,30H,18H2,1-5H3. The minimum absolute atomic E-state index is 0.0669. The fraction of sp³-hybridized carbons (Fsp3) is 0.296. The number of halogens is 1. The Bertz CT molecular complexity index is 1200. The van der Waals surface area contributed by atoms with Gasteiger partial charge in [-0.2, -0.15) is 0 Å². The number of hydrogen-bond donors (Lipinski definition) is 1. The molecule has 0 aliphatic heterocycles. The third-order valence-corrected chi connectivity index (χ3v) is 11.4. The van der Waals surface area contributed by atoms with Crippen LogP contribution in [0.1, 0.15) is 37.8 Å². The molecule has 0 aliphatic carbocycles. The SMILES string of the molecule is CC(C)(C)[Si](C)(C)OCC(c1ccccc1)c1c(-c2ccccn2)[nH]c2cc(Cl)ccc12. The summed E-state index contributed by atoms with van der Waals surface area (Å²) in [6, 6.07) is 22.7. The van der Waals surface area contributed by atoms with Crippen molar-refractivity contribution in [2.24, 2.45) is 0 Å². The van der Waals surface area contributed by atoms with E-state index in [2.05, 4.69) is 80.2 Å². The lowest BCUT2D eigenvalue weighted by atomic mass is 9.89. The minimum atomic E-state index is -1.93. The molecule has 0 saturated carbocycles. The first-order valence-electron chi connectivity index (χ1n) is 11.1. The highest BCUT2D eigenvalue weighted by molar-refractivity contribution is 6.74. The first kappa shape index (κ1) is 22.8. The fourth-order valence-electron chi connectivity index (χ4n) is 3.81. The van der Waals surface area contributed by atoms with Gasteiger partial charge in [-0.25, -0.2) is 0 Å². The van der Waals surface area contributed by atoms with Crippen molar-refractivity contribution >= 4 is 30.8 Å². The van der Waals surface area contributed by atoms with Crippen LogP contribution >= 0.6 is 11.6 Å². The molecule has 0 spiro atoms. The third kappa shape index (κ3) is 4.54. The molecule has 166 valence electrons. The van der Waals surface area contributed by atoms with Crippen LogP contribution in [0.2, 0.25) is 23.2 Å². The molecule has 1 atom stereocenters. The second-order valence-corrected chi connectivity index (χ2v) is 15.1. The van der Waals surface area contributed by atoms with Crippen LogP contribution in [-0.2, 0) is 4.43 Å². The molecule has 0 radical (unpaired) electrons. The van der Waals surface area contributed by atoms with Crippen molar-refractivity contribution in [3.05, 3.63) is 89.1 Å². The van der Waals surface area contributed by atoms with Crippen LogP contribution in [0.5, 0.6) is 0 Å². The summed E-state index contributed by atoms with van der Waals surface area (Å²) in [5.74, 6) is 0.0669. The van der Waals surface area contributed by atoms with Gasteiger partial charge in [0.1, 0.15) is 0 Å². The maximum absolute atomic E-state index is 6.78. The fourth-order valence-corrected chi connectivity index (χ4v) is 4.99. The summed E-state index contributed by atoms with van der Waals surface area (Å²) in [4.78, 5) is 8.26. The Balaban J connectivity index is 1.90. The molecule has 3 nitrogen and oxygen atoms in total. The average Bonchev–Trinajstić information content (AvgIpc) is 3.13.